The van der Waals surface area contributed by atoms with Crippen molar-refractivity contribution in [2.75, 3.05) is 7.11 Å². The number of benzene rings is 3. The van der Waals surface area contributed by atoms with E-state index in [4.69, 9.17) is 14.2 Å². The Labute approximate surface area is 165 Å². The lowest BCUT2D eigenvalue weighted by Gasteiger charge is -2.20. The minimum Gasteiger partial charge on any atom is -0.493 e. The van der Waals surface area contributed by atoms with Gasteiger partial charge in [0.1, 0.15) is 6.61 Å². The molecular weight excluding hydrogens is 352 g/mol. The van der Waals surface area contributed by atoms with Crippen LogP contribution in [0.1, 0.15) is 29.9 Å². The molecule has 0 aromatic heterocycles. The summed E-state index contributed by atoms with van der Waals surface area (Å²) in [5, 5.41) is 10.5. The number of ether oxygens (including phenoxy) is 3. The van der Waals surface area contributed by atoms with Crippen LogP contribution in [0, 0.1) is 0 Å². The number of hydrogen-bond acceptors (Lipinski definition) is 4. The normalized spacial score (nSPS) is 12.0. The van der Waals surface area contributed by atoms with Crippen LogP contribution in [-0.2, 0) is 6.61 Å². The van der Waals surface area contributed by atoms with Crippen LogP contribution in [0.3, 0.4) is 0 Å². The fourth-order valence-corrected chi connectivity index (χ4v) is 2.80. The van der Waals surface area contributed by atoms with E-state index in [2.05, 4.69) is 0 Å². The molecule has 3 rings (SSSR count). The minimum atomic E-state index is -1.12. The topological polar surface area (TPSA) is 47.9 Å². The first-order valence-corrected chi connectivity index (χ1v) is 9.12. The quantitative estimate of drug-likeness (QED) is 0.537. The zero-order valence-electron chi connectivity index (χ0n) is 16.0. The van der Waals surface area contributed by atoms with Gasteiger partial charge in [-0.3, -0.25) is 0 Å². The molecular formula is C24H24O4. The van der Waals surface area contributed by atoms with Crippen molar-refractivity contribution in [3.05, 3.63) is 95.6 Å². The smallest absolute Gasteiger partial charge is 0.224 e. The van der Waals surface area contributed by atoms with E-state index in [0.717, 1.165) is 11.1 Å². The van der Waals surface area contributed by atoms with Crippen molar-refractivity contribution < 1.29 is 19.3 Å². The van der Waals surface area contributed by atoms with Crippen molar-refractivity contribution in [3.63, 3.8) is 0 Å². The van der Waals surface area contributed by atoms with Gasteiger partial charge in [0.25, 0.3) is 0 Å². The molecule has 0 fully saturated rings. The van der Waals surface area contributed by atoms with E-state index in [1.165, 1.54) is 0 Å². The number of aliphatic hydroxyl groups excluding tert-OH is 1. The van der Waals surface area contributed by atoms with Gasteiger partial charge in [0, 0.05) is 5.56 Å². The molecule has 0 bridgehead atoms. The highest BCUT2D eigenvalue weighted by Gasteiger charge is 2.18. The average Bonchev–Trinajstić information content (AvgIpc) is 2.74. The third-order valence-corrected chi connectivity index (χ3v) is 4.17. The Kier molecular flexibility index (Phi) is 6.71. The number of methoxy groups -OCH3 is 1. The summed E-state index contributed by atoms with van der Waals surface area (Å²) in [7, 11) is 1.58. The van der Waals surface area contributed by atoms with Crippen LogP contribution in [0.2, 0.25) is 0 Å². The number of allylic oxidation sites excluding steroid dienone is 1. The van der Waals surface area contributed by atoms with E-state index in [0.29, 0.717) is 29.4 Å². The molecule has 4 heteroatoms. The van der Waals surface area contributed by atoms with Gasteiger partial charge in [-0.15, -0.1) is 0 Å². The van der Waals surface area contributed by atoms with E-state index in [1.54, 1.807) is 7.11 Å². The Hall–Kier alpha value is -3.24. The zero-order valence-corrected chi connectivity index (χ0v) is 16.0. The van der Waals surface area contributed by atoms with Gasteiger partial charge in [-0.25, -0.2) is 0 Å². The molecule has 0 aliphatic rings. The van der Waals surface area contributed by atoms with Crippen LogP contribution in [-0.4, -0.2) is 12.2 Å². The van der Waals surface area contributed by atoms with Gasteiger partial charge in [0.15, 0.2) is 11.5 Å². The van der Waals surface area contributed by atoms with Gasteiger partial charge in [-0.05, 0) is 30.2 Å². The highest BCUT2D eigenvalue weighted by molar-refractivity contribution is 5.62. The zero-order chi connectivity index (χ0) is 19.8. The molecule has 28 heavy (non-hydrogen) atoms. The lowest BCUT2D eigenvalue weighted by atomic mass is 10.1. The van der Waals surface area contributed by atoms with Gasteiger partial charge < -0.3 is 19.3 Å². The van der Waals surface area contributed by atoms with E-state index >= 15 is 0 Å². The average molecular weight is 376 g/mol. The van der Waals surface area contributed by atoms with E-state index in [9.17, 15) is 5.11 Å². The Bertz CT molecular complexity index is 905. The van der Waals surface area contributed by atoms with Crippen molar-refractivity contribution in [1.82, 2.24) is 0 Å². The van der Waals surface area contributed by atoms with Crippen molar-refractivity contribution in [1.29, 1.82) is 0 Å². The van der Waals surface area contributed by atoms with E-state index < -0.39 is 6.29 Å². The Morgan fingerprint density at radius 1 is 0.929 bits per heavy atom. The van der Waals surface area contributed by atoms with Gasteiger partial charge in [0.2, 0.25) is 12.0 Å². The second-order valence-corrected chi connectivity index (χ2v) is 6.21. The van der Waals surface area contributed by atoms with Crippen LogP contribution < -0.4 is 14.2 Å². The monoisotopic (exact) mass is 376 g/mol. The molecule has 0 spiro atoms. The summed E-state index contributed by atoms with van der Waals surface area (Å²) in [5.74, 6) is 1.41. The maximum absolute atomic E-state index is 10.5. The molecule has 144 valence electrons. The van der Waals surface area contributed by atoms with Crippen LogP contribution in [0.5, 0.6) is 17.2 Å². The number of aliphatic hydroxyl groups is 1. The Morgan fingerprint density at radius 2 is 1.57 bits per heavy atom. The molecule has 1 N–H and O–H groups in total. The van der Waals surface area contributed by atoms with Gasteiger partial charge >= 0.3 is 0 Å². The summed E-state index contributed by atoms with van der Waals surface area (Å²) in [6.45, 7) is 2.30. The first-order valence-electron chi connectivity index (χ1n) is 9.12. The molecule has 0 heterocycles. The highest BCUT2D eigenvalue weighted by Crippen LogP contribution is 2.41. The summed E-state index contributed by atoms with van der Waals surface area (Å²) >= 11 is 0. The van der Waals surface area contributed by atoms with E-state index in [1.807, 2.05) is 91.9 Å². The van der Waals surface area contributed by atoms with Crippen molar-refractivity contribution >= 4 is 6.08 Å². The fraction of sp³-hybridized carbons (Fsp3) is 0.167. The largest absolute Gasteiger partial charge is 0.493 e. The summed E-state index contributed by atoms with van der Waals surface area (Å²) in [4.78, 5) is 0. The Balaban J connectivity index is 1.93. The van der Waals surface area contributed by atoms with Gasteiger partial charge in [0.05, 0.1) is 7.11 Å². The lowest BCUT2D eigenvalue weighted by molar-refractivity contribution is -0.0217. The minimum absolute atomic E-state index is 0.359. The maximum Gasteiger partial charge on any atom is 0.224 e. The standard InChI is InChI=1S/C24H24O4/c1-3-10-19-15-21(26-2)23(27-17-18-11-6-4-7-12-18)22(16-19)28-24(25)20-13-8-5-9-14-20/h3-16,24-25H,17H2,1-2H3. The molecule has 0 saturated heterocycles. The highest BCUT2D eigenvalue weighted by atomic mass is 16.6. The van der Waals surface area contributed by atoms with Crippen LogP contribution >= 0.6 is 0 Å². The van der Waals surface area contributed by atoms with Crippen molar-refractivity contribution in [2.24, 2.45) is 0 Å². The molecule has 0 aliphatic carbocycles. The SMILES string of the molecule is CC=Cc1cc(OC)c(OCc2ccccc2)c(OC(O)c2ccccc2)c1. The first kappa shape index (κ1) is 19.5. The molecule has 3 aromatic carbocycles. The van der Waals surface area contributed by atoms with Gasteiger partial charge in [-0.2, -0.15) is 0 Å². The molecule has 0 aliphatic heterocycles. The molecule has 0 amide bonds. The summed E-state index contributed by atoms with van der Waals surface area (Å²) in [6, 6.07) is 22.8. The predicted octanol–water partition coefficient (Wildman–Crippen LogP) is 5.38. The molecule has 1 unspecified atom stereocenters. The first-order chi connectivity index (χ1) is 13.7. The summed E-state index contributed by atoms with van der Waals surface area (Å²) in [5.41, 5.74) is 2.57. The van der Waals surface area contributed by atoms with Gasteiger partial charge in [-0.1, -0.05) is 72.8 Å². The maximum atomic E-state index is 10.5. The molecule has 3 aromatic rings. The molecule has 4 nitrogen and oxygen atoms in total. The van der Waals surface area contributed by atoms with Crippen LogP contribution in [0.4, 0.5) is 0 Å². The van der Waals surface area contributed by atoms with Crippen molar-refractivity contribution in [2.45, 2.75) is 19.8 Å². The van der Waals surface area contributed by atoms with E-state index in [-0.39, 0.29) is 0 Å². The second kappa shape index (κ2) is 9.62. The van der Waals surface area contributed by atoms with Crippen molar-refractivity contribution in [3.8, 4) is 17.2 Å². The predicted molar refractivity (Wildman–Crippen MR) is 111 cm³/mol. The molecule has 0 saturated carbocycles. The third-order valence-electron chi connectivity index (χ3n) is 4.17. The molecule has 1 atom stereocenters. The fourth-order valence-electron chi connectivity index (χ4n) is 2.80. The summed E-state index contributed by atoms with van der Waals surface area (Å²) < 4.78 is 17.4. The van der Waals surface area contributed by atoms with Crippen LogP contribution in [0.25, 0.3) is 6.08 Å². The Morgan fingerprint density at radius 3 is 2.21 bits per heavy atom. The summed E-state index contributed by atoms with van der Waals surface area (Å²) in [6.07, 6.45) is 2.74. The number of hydrogen-bond donors (Lipinski definition) is 1. The second-order valence-electron chi connectivity index (χ2n) is 6.21. The lowest BCUT2D eigenvalue weighted by Crippen LogP contribution is -2.08. The number of rotatable bonds is 8. The molecule has 0 radical (unpaired) electrons. The third kappa shape index (κ3) is 4.93. The van der Waals surface area contributed by atoms with Crippen LogP contribution in [0.15, 0.2) is 78.9 Å².